The van der Waals surface area contributed by atoms with Crippen LogP contribution in [-0.2, 0) is 0 Å². The van der Waals surface area contributed by atoms with Crippen LogP contribution in [0.4, 0.5) is 0 Å². The number of phenols is 4. The molecule has 0 aromatic heterocycles. The molecule has 5 rings (SSSR count). The molecule has 5 aromatic carbocycles. The van der Waals surface area contributed by atoms with Crippen LogP contribution in [0.1, 0.15) is 0 Å². The maximum absolute atomic E-state index is 10.5. The number of benzene rings is 5. The van der Waals surface area contributed by atoms with E-state index in [2.05, 4.69) is 0 Å². The molecule has 0 saturated carbocycles. The highest BCUT2D eigenvalue weighted by atomic mass is 16.3. The fourth-order valence-electron chi connectivity index (χ4n) is 3.82. The number of rotatable bonds is 0. The van der Waals surface area contributed by atoms with Crippen molar-refractivity contribution in [2.45, 2.75) is 0 Å². The van der Waals surface area contributed by atoms with Gasteiger partial charge < -0.3 is 20.4 Å². The van der Waals surface area contributed by atoms with Crippen molar-refractivity contribution in [1.82, 2.24) is 0 Å². The van der Waals surface area contributed by atoms with E-state index in [1.54, 1.807) is 6.07 Å². The largest absolute Gasteiger partial charge is 0.507 e. The fourth-order valence-corrected chi connectivity index (χ4v) is 3.82. The Hall–Kier alpha value is -3.40. The molecule has 0 spiro atoms. The molecule has 0 saturated heterocycles. The Morgan fingerprint density at radius 2 is 1.12 bits per heavy atom. The molecule has 0 radical (unpaired) electrons. The lowest BCUT2D eigenvalue weighted by molar-refractivity contribution is 0.373. The summed E-state index contributed by atoms with van der Waals surface area (Å²) in [5.41, 5.74) is 0. The van der Waals surface area contributed by atoms with E-state index in [9.17, 15) is 20.4 Å². The van der Waals surface area contributed by atoms with Crippen molar-refractivity contribution < 1.29 is 20.4 Å². The van der Waals surface area contributed by atoms with E-state index in [-0.39, 0.29) is 16.9 Å². The zero-order chi connectivity index (χ0) is 16.6. The Balaban J connectivity index is 2.34. The highest BCUT2D eigenvalue weighted by molar-refractivity contribution is 6.36. The third kappa shape index (κ3) is 1.34. The van der Waals surface area contributed by atoms with Gasteiger partial charge in [-0.05, 0) is 33.0 Å². The van der Waals surface area contributed by atoms with Crippen LogP contribution in [0, 0.1) is 0 Å². The van der Waals surface area contributed by atoms with Crippen molar-refractivity contribution in [2.75, 3.05) is 0 Å². The predicted molar refractivity (Wildman–Crippen MR) is 94.3 cm³/mol. The van der Waals surface area contributed by atoms with E-state index in [0.717, 1.165) is 26.9 Å². The summed E-state index contributed by atoms with van der Waals surface area (Å²) in [5, 5.41) is 46.8. The molecule has 5 aromatic rings. The van der Waals surface area contributed by atoms with Crippen LogP contribution in [0.25, 0.3) is 43.1 Å². The Kier molecular flexibility index (Phi) is 2.24. The minimum atomic E-state index is -0.624. The summed E-state index contributed by atoms with van der Waals surface area (Å²) in [7, 11) is 0. The molecule has 0 amide bonds. The van der Waals surface area contributed by atoms with Crippen LogP contribution in [0.2, 0.25) is 0 Å². The molecule has 0 unspecified atom stereocenters. The lowest BCUT2D eigenvalue weighted by Gasteiger charge is -2.18. The number of phenolic OH excluding ortho intramolecular Hbond substituents is 4. The fraction of sp³-hybridized carbons (Fsp3) is 0. The second-order valence-electron chi connectivity index (χ2n) is 6.02. The first-order chi connectivity index (χ1) is 11.6. The van der Waals surface area contributed by atoms with Gasteiger partial charge in [0, 0.05) is 10.8 Å². The van der Waals surface area contributed by atoms with E-state index in [1.807, 2.05) is 42.5 Å². The molecule has 4 nitrogen and oxygen atoms in total. The van der Waals surface area contributed by atoms with Gasteiger partial charge in [0.2, 0.25) is 5.75 Å². The minimum Gasteiger partial charge on any atom is -0.507 e. The van der Waals surface area contributed by atoms with Crippen molar-refractivity contribution >= 4 is 43.1 Å². The Labute approximate surface area is 135 Å². The molecule has 0 aliphatic rings. The third-order valence-electron chi connectivity index (χ3n) is 4.80. The van der Waals surface area contributed by atoms with Gasteiger partial charge in [0.15, 0.2) is 11.5 Å². The average molecular weight is 316 g/mol. The van der Waals surface area contributed by atoms with Crippen LogP contribution < -0.4 is 0 Å². The summed E-state index contributed by atoms with van der Waals surface area (Å²) < 4.78 is 0. The third-order valence-corrected chi connectivity index (χ3v) is 4.80. The number of fused-ring (bicyclic) bond motifs is 3. The Morgan fingerprint density at radius 3 is 1.92 bits per heavy atom. The smallest absolute Gasteiger partial charge is 0.201 e. The monoisotopic (exact) mass is 316 g/mol. The first-order valence-electron chi connectivity index (χ1n) is 7.54. The molecule has 0 atom stereocenters. The van der Waals surface area contributed by atoms with E-state index in [0.29, 0.717) is 10.8 Å². The van der Waals surface area contributed by atoms with Crippen molar-refractivity contribution in [2.24, 2.45) is 0 Å². The number of hydrogen-bond acceptors (Lipinski definition) is 4. The minimum absolute atomic E-state index is 0.136. The maximum atomic E-state index is 10.5. The highest BCUT2D eigenvalue weighted by Gasteiger charge is 2.24. The molecule has 0 aliphatic heterocycles. The van der Waals surface area contributed by atoms with Gasteiger partial charge in [0.1, 0.15) is 5.75 Å². The van der Waals surface area contributed by atoms with Gasteiger partial charge in [0.05, 0.1) is 5.39 Å². The topological polar surface area (TPSA) is 80.9 Å². The van der Waals surface area contributed by atoms with Crippen LogP contribution >= 0.6 is 0 Å². The number of aromatic hydroxyl groups is 4. The second kappa shape index (κ2) is 4.11. The van der Waals surface area contributed by atoms with Gasteiger partial charge in [-0.1, -0.05) is 42.5 Å². The van der Waals surface area contributed by atoms with E-state index < -0.39 is 11.5 Å². The SMILES string of the molecule is Oc1c(O)c2c(O)cc3cccc4c5ccccc5c(c1O)c2c34. The molecule has 0 aliphatic carbocycles. The molecule has 4 N–H and O–H groups in total. The first-order valence-corrected chi connectivity index (χ1v) is 7.54. The molecule has 116 valence electrons. The summed E-state index contributed by atoms with van der Waals surface area (Å²) >= 11 is 0. The lowest BCUT2D eigenvalue weighted by Crippen LogP contribution is -1.89. The van der Waals surface area contributed by atoms with E-state index >= 15 is 0 Å². The summed E-state index contributed by atoms with van der Waals surface area (Å²) in [4.78, 5) is 0. The summed E-state index contributed by atoms with van der Waals surface area (Å²) in [6.07, 6.45) is 0. The van der Waals surface area contributed by atoms with E-state index in [1.165, 1.54) is 0 Å². The zero-order valence-electron chi connectivity index (χ0n) is 12.4. The molecular weight excluding hydrogens is 304 g/mol. The average Bonchev–Trinajstić information content (AvgIpc) is 2.59. The summed E-state index contributed by atoms with van der Waals surface area (Å²) in [6, 6.07) is 14.9. The van der Waals surface area contributed by atoms with Gasteiger partial charge in [0.25, 0.3) is 0 Å². The lowest BCUT2D eigenvalue weighted by atomic mass is 9.88. The molecule has 0 bridgehead atoms. The Bertz CT molecular complexity index is 1290. The van der Waals surface area contributed by atoms with Crippen molar-refractivity contribution in [3.05, 3.63) is 48.5 Å². The molecule has 0 fully saturated rings. The Morgan fingerprint density at radius 1 is 0.500 bits per heavy atom. The molecular formula is C20H12O4. The quantitative estimate of drug-likeness (QED) is 0.192. The first kappa shape index (κ1) is 13.1. The normalized spacial score (nSPS) is 12.0. The van der Waals surface area contributed by atoms with E-state index in [4.69, 9.17) is 0 Å². The molecule has 0 heterocycles. The summed E-state index contributed by atoms with van der Waals surface area (Å²) in [5.74, 6) is -1.65. The van der Waals surface area contributed by atoms with Crippen LogP contribution in [0.15, 0.2) is 48.5 Å². The zero-order valence-corrected chi connectivity index (χ0v) is 12.4. The van der Waals surface area contributed by atoms with Crippen LogP contribution in [0.5, 0.6) is 23.0 Å². The summed E-state index contributed by atoms with van der Waals surface area (Å²) in [6.45, 7) is 0. The van der Waals surface area contributed by atoms with Gasteiger partial charge in [-0.15, -0.1) is 0 Å². The predicted octanol–water partition coefficient (Wildman–Crippen LogP) is 4.56. The van der Waals surface area contributed by atoms with Gasteiger partial charge in [-0.25, -0.2) is 0 Å². The van der Waals surface area contributed by atoms with Crippen molar-refractivity contribution in [3.63, 3.8) is 0 Å². The maximum Gasteiger partial charge on any atom is 0.201 e. The second-order valence-corrected chi connectivity index (χ2v) is 6.02. The van der Waals surface area contributed by atoms with Gasteiger partial charge in [-0.2, -0.15) is 0 Å². The van der Waals surface area contributed by atoms with Gasteiger partial charge in [-0.3, -0.25) is 0 Å². The molecule has 4 heteroatoms. The van der Waals surface area contributed by atoms with Crippen LogP contribution in [-0.4, -0.2) is 20.4 Å². The standard InChI is InChI=1S/C20H12O4/c21-13-8-9-4-3-7-11-10-5-1-2-6-12(10)15-17(14(9)11)16(13)19(23)20(24)18(15)22/h1-8,21-24H. The van der Waals surface area contributed by atoms with Crippen molar-refractivity contribution in [3.8, 4) is 23.0 Å². The highest BCUT2D eigenvalue weighted by Crippen LogP contribution is 2.54. The van der Waals surface area contributed by atoms with Gasteiger partial charge >= 0.3 is 0 Å². The van der Waals surface area contributed by atoms with Crippen LogP contribution in [0.3, 0.4) is 0 Å². The number of hydrogen-bond donors (Lipinski definition) is 4. The molecule has 24 heavy (non-hydrogen) atoms. The van der Waals surface area contributed by atoms with Crippen molar-refractivity contribution in [1.29, 1.82) is 0 Å².